The predicted octanol–water partition coefficient (Wildman–Crippen LogP) is 0.902. The van der Waals surface area contributed by atoms with E-state index in [-0.39, 0.29) is 5.91 Å². The van der Waals surface area contributed by atoms with Crippen LogP contribution in [0.5, 0.6) is 0 Å². The van der Waals surface area contributed by atoms with Crippen molar-refractivity contribution in [1.29, 1.82) is 0 Å². The summed E-state index contributed by atoms with van der Waals surface area (Å²) in [6.45, 7) is 3.53. The van der Waals surface area contributed by atoms with Crippen LogP contribution in [0.3, 0.4) is 0 Å². The van der Waals surface area contributed by atoms with Crippen LogP contribution in [0.1, 0.15) is 32.6 Å². The summed E-state index contributed by atoms with van der Waals surface area (Å²) in [6, 6.07) is 0. The van der Waals surface area contributed by atoms with E-state index in [0.29, 0.717) is 12.0 Å². The molecule has 1 aliphatic carbocycles. The Balaban J connectivity index is 2.21. The molecule has 0 aliphatic heterocycles. The monoisotopic (exact) mass is 184 g/mol. The first-order chi connectivity index (χ1) is 6.16. The lowest BCUT2D eigenvalue weighted by atomic mass is 9.89. The molecule has 2 N–H and O–H groups in total. The second kappa shape index (κ2) is 4.61. The van der Waals surface area contributed by atoms with Gasteiger partial charge < -0.3 is 10.6 Å². The molecular weight excluding hydrogens is 164 g/mol. The molecule has 76 valence electrons. The summed E-state index contributed by atoms with van der Waals surface area (Å²) in [5.41, 5.74) is 0.364. The van der Waals surface area contributed by atoms with Crippen molar-refractivity contribution in [3.8, 4) is 0 Å². The summed E-state index contributed by atoms with van der Waals surface area (Å²) < 4.78 is 0. The zero-order chi connectivity index (χ0) is 9.73. The largest absolute Gasteiger partial charge is 0.354 e. The van der Waals surface area contributed by atoms with E-state index < -0.39 is 0 Å². The third kappa shape index (κ3) is 3.35. The Morgan fingerprint density at radius 2 is 2.00 bits per heavy atom. The number of amides is 1. The number of carbonyl (C=O) groups is 1. The van der Waals surface area contributed by atoms with E-state index in [1.165, 1.54) is 25.7 Å². The van der Waals surface area contributed by atoms with Gasteiger partial charge in [0, 0.05) is 6.54 Å². The molecule has 0 atom stereocenters. The second-order valence-corrected chi connectivity index (χ2v) is 4.32. The molecule has 0 aromatic rings. The summed E-state index contributed by atoms with van der Waals surface area (Å²) in [6.07, 6.45) is 5.15. The average molecular weight is 184 g/mol. The summed E-state index contributed by atoms with van der Waals surface area (Å²) in [7, 11) is 1.79. The fourth-order valence-corrected chi connectivity index (χ4v) is 1.94. The predicted molar refractivity (Wildman–Crippen MR) is 53.5 cm³/mol. The van der Waals surface area contributed by atoms with Crippen molar-refractivity contribution in [1.82, 2.24) is 10.6 Å². The fraction of sp³-hybridized carbons (Fsp3) is 0.900. The molecule has 1 amide bonds. The minimum absolute atomic E-state index is 0.107. The van der Waals surface area contributed by atoms with E-state index in [2.05, 4.69) is 17.6 Å². The SMILES string of the molecule is CNCC(=O)NCC1(C)CCCC1. The van der Waals surface area contributed by atoms with Gasteiger partial charge in [0.25, 0.3) is 0 Å². The van der Waals surface area contributed by atoms with Crippen LogP contribution in [-0.4, -0.2) is 26.0 Å². The Morgan fingerprint density at radius 1 is 1.38 bits per heavy atom. The lowest BCUT2D eigenvalue weighted by Crippen LogP contribution is -2.38. The minimum atomic E-state index is 0.107. The highest BCUT2D eigenvalue weighted by Gasteiger charge is 2.28. The van der Waals surface area contributed by atoms with E-state index >= 15 is 0 Å². The molecular formula is C10H20N2O. The zero-order valence-corrected chi connectivity index (χ0v) is 8.65. The van der Waals surface area contributed by atoms with Crippen molar-refractivity contribution in [2.75, 3.05) is 20.1 Å². The molecule has 1 rings (SSSR count). The zero-order valence-electron chi connectivity index (χ0n) is 8.65. The molecule has 1 fully saturated rings. The molecule has 0 saturated heterocycles. The molecule has 0 radical (unpaired) electrons. The van der Waals surface area contributed by atoms with Crippen LogP contribution >= 0.6 is 0 Å². The Kier molecular flexibility index (Phi) is 3.72. The molecule has 0 unspecified atom stereocenters. The van der Waals surface area contributed by atoms with Gasteiger partial charge in [-0.05, 0) is 25.3 Å². The second-order valence-electron chi connectivity index (χ2n) is 4.32. The normalized spacial score (nSPS) is 20.2. The first kappa shape index (κ1) is 10.5. The van der Waals surface area contributed by atoms with Gasteiger partial charge in [-0.2, -0.15) is 0 Å². The fourth-order valence-electron chi connectivity index (χ4n) is 1.94. The Hall–Kier alpha value is -0.570. The first-order valence-corrected chi connectivity index (χ1v) is 5.08. The van der Waals surface area contributed by atoms with Crippen LogP contribution in [0.4, 0.5) is 0 Å². The van der Waals surface area contributed by atoms with Crippen LogP contribution in [0, 0.1) is 5.41 Å². The van der Waals surface area contributed by atoms with Crippen molar-refractivity contribution in [3.63, 3.8) is 0 Å². The summed E-state index contributed by atoms with van der Waals surface area (Å²) >= 11 is 0. The molecule has 0 aromatic heterocycles. The number of hydrogen-bond donors (Lipinski definition) is 2. The number of nitrogens with one attached hydrogen (secondary N) is 2. The van der Waals surface area contributed by atoms with Crippen molar-refractivity contribution < 1.29 is 4.79 Å². The van der Waals surface area contributed by atoms with Crippen LogP contribution in [-0.2, 0) is 4.79 Å². The summed E-state index contributed by atoms with van der Waals surface area (Å²) in [5, 5.41) is 5.81. The number of rotatable bonds is 4. The van der Waals surface area contributed by atoms with Crippen LogP contribution in [0.25, 0.3) is 0 Å². The van der Waals surface area contributed by atoms with Crippen molar-refractivity contribution in [3.05, 3.63) is 0 Å². The third-order valence-electron chi connectivity index (χ3n) is 2.86. The van der Waals surface area contributed by atoms with E-state index in [9.17, 15) is 4.79 Å². The van der Waals surface area contributed by atoms with Gasteiger partial charge in [-0.1, -0.05) is 19.8 Å². The van der Waals surface area contributed by atoms with Gasteiger partial charge in [0.05, 0.1) is 6.54 Å². The van der Waals surface area contributed by atoms with Crippen molar-refractivity contribution >= 4 is 5.91 Å². The lowest BCUT2D eigenvalue weighted by molar-refractivity contribution is -0.120. The number of hydrogen-bond acceptors (Lipinski definition) is 2. The molecule has 0 heterocycles. The average Bonchev–Trinajstić information content (AvgIpc) is 2.51. The summed E-state index contributed by atoms with van der Waals surface area (Å²) in [4.78, 5) is 11.2. The number of likely N-dealkylation sites (N-methyl/N-ethyl adjacent to an activating group) is 1. The van der Waals surface area contributed by atoms with Gasteiger partial charge in [-0.15, -0.1) is 0 Å². The van der Waals surface area contributed by atoms with E-state index in [1.807, 2.05) is 0 Å². The smallest absolute Gasteiger partial charge is 0.233 e. The van der Waals surface area contributed by atoms with Crippen molar-refractivity contribution in [2.24, 2.45) is 5.41 Å². The van der Waals surface area contributed by atoms with Crippen LogP contribution in [0.2, 0.25) is 0 Å². The molecule has 0 bridgehead atoms. The number of carbonyl (C=O) groups excluding carboxylic acids is 1. The van der Waals surface area contributed by atoms with E-state index in [0.717, 1.165) is 6.54 Å². The summed E-state index contributed by atoms with van der Waals surface area (Å²) in [5.74, 6) is 0.107. The molecule has 1 aliphatic rings. The molecule has 3 heteroatoms. The first-order valence-electron chi connectivity index (χ1n) is 5.08. The molecule has 0 spiro atoms. The maximum Gasteiger partial charge on any atom is 0.233 e. The highest BCUT2D eigenvalue weighted by Crippen LogP contribution is 2.36. The Bertz CT molecular complexity index is 174. The van der Waals surface area contributed by atoms with Crippen molar-refractivity contribution in [2.45, 2.75) is 32.6 Å². The van der Waals surface area contributed by atoms with Gasteiger partial charge in [0.2, 0.25) is 5.91 Å². The maximum absolute atomic E-state index is 11.2. The minimum Gasteiger partial charge on any atom is -0.354 e. The lowest BCUT2D eigenvalue weighted by Gasteiger charge is -2.23. The Labute approximate surface area is 80.3 Å². The quantitative estimate of drug-likeness (QED) is 0.681. The highest BCUT2D eigenvalue weighted by molar-refractivity contribution is 5.77. The van der Waals surface area contributed by atoms with Gasteiger partial charge in [-0.25, -0.2) is 0 Å². The standard InChI is InChI=1S/C10H20N2O/c1-10(5-3-4-6-10)8-12-9(13)7-11-2/h11H,3-8H2,1-2H3,(H,12,13). The maximum atomic E-state index is 11.2. The third-order valence-corrected chi connectivity index (χ3v) is 2.86. The van der Waals surface area contributed by atoms with Crippen LogP contribution < -0.4 is 10.6 Å². The van der Waals surface area contributed by atoms with Gasteiger partial charge in [-0.3, -0.25) is 4.79 Å². The molecule has 1 saturated carbocycles. The van der Waals surface area contributed by atoms with E-state index in [1.54, 1.807) is 7.05 Å². The van der Waals surface area contributed by atoms with E-state index in [4.69, 9.17) is 0 Å². The van der Waals surface area contributed by atoms with Gasteiger partial charge in [0.15, 0.2) is 0 Å². The Morgan fingerprint density at radius 3 is 2.54 bits per heavy atom. The molecule has 13 heavy (non-hydrogen) atoms. The van der Waals surface area contributed by atoms with Crippen LogP contribution in [0.15, 0.2) is 0 Å². The van der Waals surface area contributed by atoms with Gasteiger partial charge >= 0.3 is 0 Å². The highest BCUT2D eigenvalue weighted by atomic mass is 16.1. The topological polar surface area (TPSA) is 41.1 Å². The molecule has 0 aromatic carbocycles. The molecule has 3 nitrogen and oxygen atoms in total. The van der Waals surface area contributed by atoms with Gasteiger partial charge in [0.1, 0.15) is 0 Å².